The van der Waals surface area contributed by atoms with E-state index in [2.05, 4.69) is 34.4 Å². The molecule has 0 bridgehead atoms. The highest BCUT2D eigenvalue weighted by molar-refractivity contribution is 5.47. The van der Waals surface area contributed by atoms with Crippen molar-refractivity contribution < 1.29 is 0 Å². The van der Waals surface area contributed by atoms with Crippen LogP contribution in [0.4, 0.5) is 11.6 Å². The van der Waals surface area contributed by atoms with Gasteiger partial charge in [0.05, 0.1) is 0 Å². The highest BCUT2D eigenvalue weighted by Gasteiger charge is 2.18. The highest BCUT2D eigenvalue weighted by Crippen LogP contribution is 2.26. The summed E-state index contributed by atoms with van der Waals surface area (Å²) in [6, 6.07) is 1.94. The lowest BCUT2D eigenvalue weighted by atomic mass is 9.85. The van der Waals surface area contributed by atoms with Crippen molar-refractivity contribution in [2.45, 2.75) is 38.6 Å². The molecule has 100 valence electrons. The number of nitrogens with one attached hydrogen (secondary N) is 2. The minimum Gasteiger partial charge on any atom is -0.370 e. The lowest BCUT2D eigenvalue weighted by molar-refractivity contribution is 0.333. The van der Waals surface area contributed by atoms with Crippen LogP contribution >= 0.6 is 0 Å². The topological polar surface area (TPSA) is 75.9 Å². The molecular weight excluding hydrogens is 226 g/mol. The van der Waals surface area contributed by atoms with Crippen molar-refractivity contribution in [1.82, 2.24) is 9.97 Å². The van der Waals surface area contributed by atoms with Gasteiger partial charge in [-0.3, -0.25) is 0 Å². The second-order valence-corrected chi connectivity index (χ2v) is 5.68. The molecular formula is C13H23N5. The Bertz CT molecular complexity index is 387. The van der Waals surface area contributed by atoms with Gasteiger partial charge in [-0.25, -0.2) is 9.97 Å². The largest absolute Gasteiger partial charge is 0.370 e. The van der Waals surface area contributed by atoms with Crippen molar-refractivity contribution in [3.63, 3.8) is 0 Å². The quantitative estimate of drug-likeness (QED) is 0.717. The summed E-state index contributed by atoms with van der Waals surface area (Å²) in [7, 11) is 0. The molecule has 0 radical (unpaired) electrons. The molecule has 1 aliphatic carbocycles. The third kappa shape index (κ3) is 3.57. The van der Waals surface area contributed by atoms with Gasteiger partial charge in [-0.05, 0) is 32.6 Å². The molecule has 5 nitrogen and oxygen atoms in total. The van der Waals surface area contributed by atoms with E-state index >= 15 is 0 Å². The molecule has 1 aliphatic rings. The Hall–Kier alpha value is -1.36. The first kappa shape index (κ1) is 13.1. The summed E-state index contributed by atoms with van der Waals surface area (Å²) in [4.78, 5) is 8.45. The summed E-state index contributed by atoms with van der Waals surface area (Å²) in [5.74, 6) is 2.51. The molecule has 1 fully saturated rings. The Kier molecular flexibility index (Phi) is 4.01. The molecule has 0 saturated heterocycles. The van der Waals surface area contributed by atoms with Crippen LogP contribution in [0.25, 0.3) is 0 Å². The molecule has 1 saturated carbocycles. The van der Waals surface area contributed by atoms with Crippen LogP contribution in [0.2, 0.25) is 0 Å². The van der Waals surface area contributed by atoms with E-state index < -0.39 is 0 Å². The van der Waals surface area contributed by atoms with Gasteiger partial charge < -0.3 is 16.4 Å². The second kappa shape index (κ2) is 5.52. The zero-order chi connectivity index (χ0) is 13.0. The molecule has 0 amide bonds. The monoisotopic (exact) mass is 249 g/mol. The SMILES string of the molecule is CC(C)(CN)Nc1cc(NCC2CCC2)ncn1. The number of nitrogens with two attached hydrogens (primary N) is 1. The number of hydrogen-bond donors (Lipinski definition) is 3. The summed E-state index contributed by atoms with van der Waals surface area (Å²) in [5.41, 5.74) is 5.54. The first-order valence-electron chi connectivity index (χ1n) is 6.63. The Morgan fingerprint density at radius 1 is 1.33 bits per heavy atom. The number of anilines is 2. The van der Waals surface area contributed by atoms with E-state index in [1.165, 1.54) is 19.3 Å². The van der Waals surface area contributed by atoms with Crippen LogP contribution in [0.15, 0.2) is 12.4 Å². The van der Waals surface area contributed by atoms with E-state index in [0.29, 0.717) is 6.54 Å². The Labute approximate surface area is 109 Å². The third-order valence-electron chi connectivity index (χ3n) is 3.44. The van der Waals surface area contributed by atoms with E-state index in [1.807, 2.05) is 6.07 Å². The van der Waals surface area contributed by atoms with Crippen molar-refractivity contribution in [2.75, 3.05) is 23.7 Å². The zero-order valence-electron chi connectivity index (χ0n) is 11.2. The molecule has 0 aromatic carbocycles. The lowest BCUT2D eigenvalue weighted by Crippen LogP contribution is -2.39. The minimum atomic E-state index is -0.153. The van der Waals surface area contributed by atoms with Gasteiger partial charge in [0.15, 0.2) is 0 Å². The van der Waals surface area contributed by atoms with Gasteiger partial charge in [0.25, 0.3) is 0 Å². The number of nitrogens with zero attached hydrogens (tertiary/aromatic N) is 2. The molecule has 0 unspecified atom stereocenters. The average molecular weight is 249 g/mol. The number of rotatable bonds is 6. The molecule has 1 heterocycles. The average Bonchev–Trinajstić information content (AvgIpc) is 2.27. The van der Waals surface area contributed by atoms with E-state index in [0.717, 1.165) is 24.1 Å². The standard InChI is InChI=1S/C13H23N5/c1-13(2,8-14)18-12-6-11(16-9-17-12)15-7-10-4-3-5-10/h6,9-10H,3-5,7-8,14H2,1-2H3,(H2,15,16,17,18). The van der Waals surface area contributed by atoms with Crippen LogP contribution in [-0.2, 0) is 0 Å². The van der Waals surface area contributed by atoms with E-state index in [4.69, 9.17) is 5.73 Å². The van der Waals surface area contributed by atoms with Crippen LogP contribution in [0, 0.1) is 5.92 Å². The van der Waals surface area contributed by atoms with E-state index in [-0.39, 0.29) is 5.54 Å². The number of aromatic nitrogens is 2. The van der Waals surface area contributed by atoms with Gasteiger partial charge >= 0.3 is 0 Å². The molecule has 18 heavy (non-hydrogen) atoms. The van der Waals surface area contributed by atoms with Gasteiger partial charge in [0.2, 0.25) is 0 Å². The first-order chi connectivity index (χ1) is 8.59. The maximum atomic E-state index is 5.69. The fourth-order valence-corrected chi connectivity index (χ4v) is 1.87. The highest BCUT2D eigenvalue weighted by atomic mass is 15.1. The van der Waals surface area contributed by atoms with Gasteiger partial charge in [-0.1, -0.05) is 6.42 Å². The van der Waals surface area contributed by atoms with Crippen LogP contribution in [0.1, 0.15) is 33.1 Å². The predicted molar refractivity (Wildman–Crippen MR) is 74.6 cm³/mol. The second-order valence-electron chi connectivity index (χ2n) is 5.68. The van der Waals surface area contributed by atoms with Gasteiger partial charge in [-0.15, -0.1) is 0 Å². The summed E-state index contributed by atoms with van der Waals surface area (Å²) >= 11 is 0. The van der Waals surface area contributed by atoms with Gasteiger partial charge in [0, 0.05) is 24.7 Å². The Balaban J connectivity index is 1.91. The summed E-state index contributed by atoms with van der Waals surface area (Å²) in [6.07, 6.45) is 5.62. The smallest absolute Gasteiger partial charge is 0.131 e. The van der Waals surface area contributed by atoms with Crippen molar-refractivity contribution in [2.24, 2.45) is 11.7 Å². The summed E-state index contributed by atoms with van der Waals surface area (Å²) in [6.45, 7) is 5.67. The Morgan fingerprint density at radius 2 is 2.06 bits per heavy atom. The molecule has 1 aromatic heterocycles. The normalized spacial score (nSPS) is 16.2. The van der Waals surface area contributed by atoms with Crippen molar-refractivity contribution >= 4 is 11.6 Å². The van der Waals surface area contributed by atoms with Crippen LogP contribution in [-0.4, -0.2) is 28.6 Å². The number of hydrogen-bond acceptors (Lipinski definition) is 5. The van der Waals surface area contributed by atoms with E-state index in [1.54, 1.807) is 6.33 Å². The van der Waals surface area contributed by atoms with Crippen molar-refractivity contribution in [3.05, 3.63) is 12.4 Å². The fraction of sp³-hybridized carbons (Fsp3) is 0.692. The zero-order valence-corrected chi connectivity index (χ0v) is 11.2. The molecule has 0 atom stereocenters. The fourth-order valence-electron chi connectivity index (χ4n) is 1.87. The third-order valence-corrected chi connectivity index (χ3v) is 3.44. The van der Waals surface area contributed by atoms with Crippen LogP contribution in [0.3, 0.4) is 0 Å². The molecule has 2 rings (SSSR count). The minimum absolute atomic E-state index is 0.153. The van der Waals surface area contributed by atoms with Crippen LogP contribution < -0.4 is 16.4 Å². The van der Waals surface area contributed by atoms with Crippen molar-refractivity contribution in [1.29, 1.82) is 0 Å². The molecule has 0 spiro atoms. The van der Waals surface area contributed by atoms with Gasteiger partial charge in [-0.2, -0.15) is 0 Å². The predicted octanol–water partition coefficient (Wildman–Crippen LogP) is 1.84. The first-order valence-corrected chi connectivity index (χ1v) is 6.63. The summed E-state index contributed by atoms with van der Waals surface area (Å²) in [5, 5.41) is 6.68. The van der Waals surface area contributed by atoms with Crippen molar-refractivity contribution in [3.8, 4) is 0 Å². The molecule has 5 heteroatoms. The van der Waals surface area contributed by atoms with E-state index in [9.17, 15) is 0 Å². The maximum absolute atomic E-state index is 5.69. The lowest BCUT2D eigenvalue weighted by Gasteiger charge is -2.26. The van der Waals surface area contributed by atoms with Crippen LogP contribution in [0.5, 0.6) is 0 Å². The molecule has 1 aromatic rings. The molecule has 4 N–H and O–H groups in total. The van der Waals surface area contributed by atoms with Gasteiger partial charge in [0.1, 0.15) is 18.0 Å². The maximum Gasteiger partial charge on any atom is 0.131 e. The Morgan fingerprint density at radius 3 is 2.67 bits per heavy atom. The summed E-state index contributed by atoms with van der Waals surface area (Å²) < 4.78 is 0. The molecule has 0 aliphatic heterocycles.